The van der Waals surface area contributed by atoms with Crippen LogP contribution in [-0.4, -0.2) is 18.0 Å². The Balaban J connectivity index is 2.00. The van der Waals surface area contributed by atoms with Gasteiger partial charge in [-0.2, -0.15) is 0 Å². The van der Waals surface area contributed by atoms with Crippen LogP contribution in [-0.2, 0) is 19.1 Å². The predicted octanol–water partition coefficient (Wildman–Crippen LogP) is 3.46. The second kappa shape index (κ2) is 5.64. The van der Waals surface area contributed by atoms with Crippen LogP contribution >= 0.6 is 15.9 Å². The molecule has 1 aliphatic heterocycles. The summed E-state index contributed by atoms with van der Waals surface area (Å²) in [6, 6.07) is 7.81. The molecule has 0 saturated carbocycles. The highest BCUT2D eigenvalue weighted by Crippen LogP contribution is 2.44. The molecule has 0 bridgehead atoms. The van der Waals surface area contributed by atoms with E-state index in [1.807, 2.05) is 24.3 Å². The maximum atomic E-state index is 12.2. The topological polar surface area (TPSA) is 52.6 Å². The number of benzene rings is 1. The normalized spacial score (nSPS) is 24.6. The van der Waals surface area contributed by atoms with Gasteiger partial charge in [-0.15, -0.1) is 0 Å². The van der Waals surface area contributed by atoms with Gasteiger partial charge in [0, 0.05) is 42.1 Å². The second-order valence-electron chi connectivity index (χ2n) is 5.23. The van der Waals surface area contributed by atoms with Crippen molar-refractivity contribution in [3.05, 3.63) is 45.6 Å². The zero-order valence-corrected chi connectivity index (χ0v) is 13.2. The van der Waals surface area contributed by atoms with Crippen molar-refractivity contribution >= 4 is 27.7 Å². The van der Waals surface area contributed by atoms with Crippen LogP contribution in [0.4, 0.5) is 0 Å². The van der Waals surface area contributed by atoms with E-state index in [1.54, 1.807) is 0 Å². The molecule has 21 heavy (non-hydrogen) atoms. The molecule has 2 atom stereocenters. The zero-order valence-electron chi connectivity index (χ0n) is 11.6. The van der Waals surface area contributed by atoms with Gasteiger partial charge in [-0.1, -0.05) is 34.1 Å². The summed E-state index contributed by atoms with van der Waals surface area (Å²) in [5, 5.41) is 0. The largest absolute Gasteiger partial charge is 0.459 e. The molecule has 3 rings (SSSR count). The predicted molar refractivity (Wildman–Crippen MR) is 79.4 cm³/mol. The van der Waals surface area contributed by atoms with Crippen molar-refractivity contribution in [3.8, 4) is 0 Å². The van der Waals surface area contributed by atoms with E-state index in [1.165, 1.54) is 6.92 Å². The fraction of sp³-hybridized carbons (Fsp3) is 0.375. The van der Waals surface area contributed by atoms with Crippen LogP contribution in [0.2, 0.25) is 0 Å². The van der Waals surface area contributed by atoms with Gasteiger partial charge in [0.1, 0.15) is 5.76 Å². The molecule has 0 spiro atoms. The van der Waals surface area contributed by atoms with Crippen molar-refractivity contribution in [1.29, 1.82) is 0 Å². The van der Waals surface area contributed by atoms with Gasteiger partial charge in [0.25, 0.3) is 0 Å². The van der Waals surface area contributed by atoms with E-state index in [0.29, 0.717) is 25.0 Å². The number of hydrogen-bond acceptors (Lipinski definition) is 4. The number of halogens is 1. The SMILES string of the molecule is CC(=O)O[C@@H]1C[C@@H](c2ccccc2Br)C2=C(CCC2=O)O1. The van der Waals surface area contributed by atoms with Crippen LogP contribution in [0.25, 0.3) is 0 Å². The van der Waals surface area contributed by atoms with Crippen LogP contribution in [0, 0.1) is 0 Å². The monoisotopic (exact) mass is 350 g/mol. The Morgan fingerprint density at radius 3 is 2.81 bits per heavy atom. The first-order valence-electron chi connectivity index (χ1n) is 6.91. The van der Waals surface area contributed by atoms with Crippen LogP contribution in [0.15, 0.2) is 40.1 Å². The molecule has 110 valence electrons. The average Bonchev–Trinajstić information content (AvgIpc) is 2.79. The number of rotatable bonds is 2. The first kappa shape index (κ1) is 14.3. The molecule has 1 aliphatic carbocycles. The van der Waals surface area contributed by atoms with E-state index in [-0.39, 0.29) is 17.7 Å². The molecule has 0 aromatic heterocycles. The van der Waals surface area contributed by atoms with E-state index in [9.17, 15) is 9.59 Å². The Morgan fingerprint density at radius 2 is 2.10 bits per heavy atom. The smallest absolute Gasteiger partial charge is 0.305 e. The Labute approximate surface area is 131 Å². The van der Waals surface area contributed by atoms with Crippen molar-refractivity contribution in [2.75, 3.05) is 0 Å². The summed E-state index contributed by atoms with van der Waals surface area (Å²) in [6.07, 6.45) is 0.905. The quantitative estimate of drug-likeness (QED) is 0.766. The molecule has 1 heterocycles. The van der Waals surface area contributed by atoms with Gasteiger partial charge in [-0.05, 0) is 11.6 Å². The zero-order chi connectivity index (χ0) is 15.0. The minimum Gasteiger partial charge on any atom is -0.459 e. The molecule has 0 radical (unpaired) electrons. The molecule has 2 aliphatic rings. The summed E-state index contributed by atoms with van der Waals surface area (Å²) in [4.78, 5) is 23.4. The number of ketones is 1. The molecular formula is C16H15BrO4. The van der Waals surface area contributed by atoms with Crippen molar-refractivity contribution in [1.82, 2.24) is 0 Å². The fourth-order valence-electron chi connectivity index (χ4n) is 2.98. The second-order valence-corrected chi connectivity index (χ2v) is 6.08. The maximum Gasteiger partial charge on any atom is 0.305 e. The molecule has 0 saturated heterocycles. The number of carbonyl (C=O) groups is 2. The molecular weight excluding hydrogens is 336 g/mol. The highest BCUT2D eigenvalue weighted by atomic mass is 79.9. The maximum absolute atomic E-state index is 12.2. The van der Waals surface area contributed by atoms with E-state index < -0.39 is 6.29 Å². The van der Waals surface area contributed by atoms with Crippen molar-refractivity contribution < 1.29 is 19.1 Å². The Kier molecular flexibility index (Phi) is 3.85. The summed E-state index contributed by atoms with van der Waals surface area (Å²) in [5.41, 5.74) is 1.77. The number of carbonyl (C=O) groups excluding carboxylic acids is 2. The van der Waals surface area contributed by atoms with E-state index in [4.69, 9.17) is 9.47 Å². The lowest BCUT2D eigenvalue weighted by Crippen LogP contribution is -2.28. The summed E-state index contributed by atoms with van der Waals surface area (Å²) >= 11 is 3.54. The van der Waals surface area contributed by atoms with Crippen LogP contribution in [0.5, 0.6) is 0 Å². The van der Waals surface area contributed by atoms with E-state index in [0.717, 1.165) is 15.6 Å². The Bertz CT molecular complexity index is 635. The molecule has 1 aromatic carbocycles. The first-order chi connectivity index (χ1) is 10.1. The first-order valence-corrected chi connectivity index (χ1v) is 7.70. The van der Waals surface area contributed by atoms with Crippen LogP contribution < -0.4 is 0 Å². The van der Waals surface area contributed by atoms with Crippen LogP contribution in [0.3, 0.4) is 0 Å². The molecule has 0 fully saturated rings. The number of allylic oxidation sites excluding steroid dienone is 2. The van der Waals surface area contributed by atoms with Crippen LogP contribution in [0.1, 0.15) is 37.7 Å². The third kappa shape index (κ3) is 2.75. The molecule has 0 unspecified atom stereocenters. The number of ether oxygens (including phenoxy) is 2. The van der Waals surface area contributed by atoms with Gasteiger partial charge >= 0.3 is 5.97 Å². The lowest BCUT2D eigenvalue weighted by molar-refractivity contribution is -0.172. The molecule has 5 heteroatoms. The summed E-state index contributed by atoms with van der Waals surface area (Å²) in [7, 11) is 0. The minimum atomic E-state index is -0.621. The van der Waals surface area contributed by atoms with Gasteiger partial charge in [-0.3, -0.25) is 9.59 Å². The molecule has 4 nitrogen and oxygen atoms in total. The lowest BCUT2D eigenvalue weighted by Gasteiger charge is -2.31. The number of hydrogen-bond donors (Lipinski definition) is 0. The Morgan fingerprint density at radius 1 is 1.33 bits per heavy atom. The van der Waals surface area contributed by atoms with Crippen molar-refractivity contribution in [2.45, 2.75) is 38.4 Å². The Hall–Kier alpha value is -1.62. The standard InChI is InChI=1S/C16H15BrO4/c1-9(18)20-15-8-11(10-4-2-3-5-12(10)17)16-13(19)6-7-14(16)21-15/h2-5,11,15H,6-8H2,1H3/t11-,15-/m0/s1. The van der Waals surface area contributed by atoms with Gasteiger partial charge in [0.05, 0.1) is 0 Å². The van der Waals surface area contributed by atoms with Crippen molar-refractivity contribution in [3.63, 3.8) is 0 Å². The van der Waals surface area contributed by atoms with E-state index in [2.05, 4.69) is 15.9 Å². The molecule has 0 N–H and O–H groups in total. The molecule has 0 amide bonds. The lowest BCUT2D eigenvalue weighted by atomic mass is 9.85. The number of Topliss-reactive ketones (excluding diaryl/α,β-unsaturated/α-hetero) is 1. The minimum absolute atomic E-state index is 0.0938. The van der Waals surface area contributed by atoms with Gasteiger partial charge in [0.15, 0.2) is 5.78 Å². The molecule has 1 aromatic rings. The fourth-order valence-corrected chi connectivity index (χ4v) is 3.54. The summed E-state index contributed by atoms with van der Waals surface area (Å²) in [5.74, 6) is 0.341. The summed E-state index contributed by atoms with van der Waals surface area (Å²) in [6.45, 7) is 1.36. The number of esters is 1. The van der Waals surface area contributed by atoms with Gasteiger partial charge in [-0.25, -0.2) is 0 Å². The van der Waals surface area contributed by atoms with E-state index >= 15 is 0 Å². The third-order valence-electron chi connectivity index (χ3n) is 3.81. The van der Waals surface area contributed by atoms with Crippen molar-refractivity contribution in [2.24, 2.45) is 0 Å². The highest BCUT2D eigenvalue weighted by Gasteiger charge is 2.40. The summed E-state index contributed by atoms with van der Waals surface area (Å²) < 4.78 is 11.8. The highest BCUT2D eigenvalue weighted by molar-refractivity contribution is 9.10. The average molecular weight is 351 g/mol. The van der Waals surface area contributed by atoms with Gasteiger partial charge < -0.3 is 9.47 Å². The van der Waals surface area contributed by atoms with Gasteiger partial charge in [0.2, 0.25) is 6.29 Å². The third-order valence-corrected chi connectivity index (χ3v) is 4.53.